The number of likely N-dealkylation sites (N-methyl/N-ethyl adjacent to an activating group) is 1. The van der Waals surface area contributed by atoms with Gasteiger partial charge in [-0.1, -0.05) is 32.9 Å². The molecular weight excluding hydrogens is 451 g/mol. The van der Waals surface area contributed by atoms with E-state index in [0.717, 1.165) is 13.0 Å². The molecule has 2 N–H and O–H groups in total. The number of rotatable bonds is 5. The molecule has 1 aliphatic heterocycles. The van der Waals surface area contributed by atoms with Crippen molar-refractivity contribution in [2.24, 2.45) is 5.41 Å². The summed E-state index contributed by atoms with van der Waals surface area (Å²) in [6.45, 7) is 7.26. The second-order valence-corrected chi connectivity index (χ2v) is 9.44. The minimum atomic E-state index is -4.82. The highest BCUT2D eigenvalue weighted by molar-refractivity contribution is 5.97. The molecule has 3 rings (SSSR count). The number of amides is 2. The average molecular weight is 482 g/mol. The summed E-state index contributed by atoms with van der Waals surface area (Å²) in [5.74, 6) is -0.848. The van der Waals surface area contributed by atoms with Crippen LogP contribution in [0.4, 0.5) is 13.2 Å². The number of carbonyl (C=O) groups excluding carboxylic acids is 2. The molecule has 2 amide bonds. The molecule has 0 spiro atoms. The van der Waals surface area contributed by atoms with Gasteiger partial charge in [0.2, 0.25) is 5.91 Å². The lowest BCUT2D eigenvalue weighted by atomic mass is 9.86. The molecule has 34 heavy (non-hydrogen) atoms. The molecule has 1 aromatic heterocycles. The summed E-state index contributed by atoms with van der Waals surface area (Å²) < 4.78 is 44.1. The highest BCUT2D eigenvalue weighted by atomic mass is 19.4. The molecule has 0 saturated carbocycles. The molecule has 0 aliphatic carbocycles. The van der Waals surface area contributed by atoms with E-state index in [1.807, 2.05) is 37.3 Å². The summed E-state index contributed by atoms with van der Waals surface area (Å²) in [4.78, 5) is 32.4. The van der Waals surface area contributed by atoms with Crippen LogP contribution in [-0.2, 0) is 17.9 Å². The largest absolute Gasteiger partial charge is 0.573 e. The molecule has 1 atom stereocenters. The van der Waals surface area contributed by atoms with Crippen LogP contribution in [0.15, 0.2) is 24.3 Å². The maximum absolute atomic E-state index is 13.4. The Morgan fingerprint density at radius 2 is 1.88 bits per heavy atom. The maximum atomic E-state index is 13.4. The molecule has 0 saturated heterocycles. The van der Waals surface area contributed by atoms with Crippen LogP contribution in [0.25, 0.3) is 11.4 Å². The SMILES string of the molecule is CNC(=O)[C@@H](NC(=O)c1nc(-c2cccc(OC(F)(F)F)c2)n2c1CN(C)CCC2)C(C)(C)C. The van der Waals surface area contributed by atoms with Gasteiger partial charge in [0.15, 0.2) is 5.69 Å². The van der Waals surface area contributed by atoms with E-state index in [-0.39, 0.29) is 17.4 Å². The van der Waals surface area contributed by atoms with E-state index in [1.54, 1.807) is 6.07 Å². The maximum Gasteiger partial charge on any atom is 0.573 e. The fraction of sp³-hybridized carbons (Fsp3) is 0.522. The third kappa shape index (κ3) is 5.88. The van der Waals surface area contributed by atoms with E-state index in [0.29, 0.717) is 30.2 Å². The molecule has 0 fully saturated rings. The fourth-order valence-electron chi connectivity index (χ4n) is 3.97. The zero-order valence-corrected chi connectivity index (χ0v) is 19.9. The minimum Gasteiger partial charge on any atom is -0.406 e. The Bertz CT molecular complexity index is 1060. The topological polar surface area (TPSA) is 88.5 Å². The molecule has 2 aromatic rings. The summed E-state index contributed by atoms with van der Waals surface area (Å²) in [7, 11) is 3.42. The van der Waals surface area contributed by atoms with Crippen molar-refractivity contribution in [1.29, 1.82) is 0 Å². The zero-order chi connectivity index (χ0) is 25.3. The lowest BCUT2D eigenvalue weighted by Crippen LogP contribution is -2.53. The third-order valence-electron chi connectivity index (χ3n) is 5.60. The summed E-state index contributed by atoms with van der Waals surface area (Å²) in [6.07, 6.45) is -4.05. The van der Waals surface area contributed by atoms with Crippen molar-refractivity contribution < 1.29 is 27.5 Å². The van der Waals surface area contributed by atoms with Crippen molar-refractivity contribution in [3.8, 4) is 17.1 Å². The van der Waals surface area contributed by atoms with E-state index in [1.165, 1.54) is 25.2 Å². The third-order valence-corrected chi connectivity index (χ3v) is 5.60. The normalized spacial score (nSPS) is 15.8. The molecular formula is C23H30F3N5O3. The highest BCUT2D eigenvalue weighted by Crippen LogP contribution is 2.31. The Hall–Kier alpha value is -3.08. The van der Waals surface area contributed by atoms with Crippen LogP contribution in [0.1, 0.15) is 43.4 Å². The summed E-state index contributed by atoms with van der Waals surface area (Å²) >= 11 is 0. The van der Waals surface area contributed by atoms with E-state index >= 15 is 0 Å². The van der Waals surface area contributed by atoms with Gasteiger partial charge in [0.1, 0.15) is 17.6 Å². The van der Waals surface area contributed by atoms with Crippen LogP contribution < -0.4 is 15.4 Å². The number of aromatic nitrogens is 2. The molecule has 0 bridgehead atoms. The van der Waals surface area contributed by atoms with Crippen LogP contribution in [0.2, 0.25) is 0 Å². The summed E-state index contributed by atoms with van der Waals surface area (Å²) in [5.41, 5.74) is 0.614. The fourth-order valence-corrected chi connectivity index (χ4v) is 3.97. The standard InChI is InChI=1S/C23H30F3N5O3/c1-22(2,3)18(21(33)27-4)29-20(32)17-16-13-30(5)10-7-11-31(16)19(28-17)14-8-6-9-15(12-14)34-23(24,25)26/h6,8-9,12,18H,7,10-11,13H2,1-5H3,(H,27,33)(H,29,32)/t18-/m1/s1. The number of imidazole rings is 1. The predicted octanol–water partition coefficient (Wildman–Crippen LogP) is 3.17. The Labute approximate surface area is 196 Å². The Kier molecular flexibility index (Phi) is 7.25. The first-order valence-corrected chi connectivity index (χ1v) is 11.0. The van der Waals surface area contributed by atoms with Crippen molar-refractivity contribution in [1.82, 2.24) is 25.1 Å². The van der Waals surface area contributed by atoms with Gasteiger partial charge in [-0.3, -0.25) is 9.59 Å². The number of halogens is 3. The van der Waals surface area contributed by atoms with Crippen LogP contribution in [0, 0.1) is 5.41 Å². The summed E-state index contributed by atoms with van der Waals surface area (Å²) in [6, 6.07) is 4.72. The quantitative estimate of drug-likeness (QED) is 0.685. The highest BCUT2D eigenvalue weighted by Gasteiger charge is 2.35. The van der Waals surface area contributed by atoms with Gasteiger partial charge in [0, 0.05) is 25.7 Å². The number of benzene rings is 1. The molecule has 0 radical (unpaired) electrons. The Morgan fingerprint density at radius 3 is 2.50 bits per heavy atom. The molecule has 11 heteroatoms. The number of alkyl halides is 3. The second kappa shape index (κ2) is 9.65. The van der Waals surface area contributed by atoms with E-state index < -0.39 is 23.7 Å². The number of nitrogens with one attached hydrogen (secondary N) is 2. The Morgan fingerprint density at radius 1 is 1.18 bits per heavy atom. The van der Waals surface area contributed by atoms with E-state index in [9.17, 15) is 22.8 Å². The predicted molar refractivity (Wildman–Crippen MR) is 120 cm³/mol. The van der Waals surface area contributed by atoms with Crippen LogP contribution >= 0.6 is 0 Å². The zero-order valence-electron chi connectivity index (χ0n) is 19.9. The molecule has 2 heterocycles. The van der Waals surface area contributed by atoms with Gasteiger partial charge in [-0.05, 0) is 37.6 Å². The Balaban J connectivity index is 2.06. The van der Waals surface area contributed by atoms with Crippen molar-refractivity contribution in [3.63, 3.8) is 0 Å². The molecule has 1 aliphatic rings. The molecule has 1 aromatic carbocycles. The monoisotopic (exact) mass is 481 g/mol. The van der Waals surface area contributed by atoms with Crippen molar-refractivity contribution in [3.05, 3.63) is 35.7 Å². The van der Waals surface area contributed by atoms with Gasteiger partial charge >= 0.3 is 6.36 Å². The van der Waals surface area contributed by atoms with Gasteiger partial charge in [-0.15, -0.1) is 13.2 Å². The molecule has 186 valence electrons. The number of carbonyl (C=O) groups is 2. The first-order valence-electron chi connectivity index (χ1n) is 11.0. The van der Waals surface area contributed by atoms with Gasteiger partial charge in [-0.2, -0.15) is 0 Å². The van der Waals surface area contributed by atoms with Gasteiger partial charge in [0.05, 0.1) is 5.69 Å². The van der Waals surface area contributed by atoms with Gasteiger partial charge < -0.3 is 24.8 Å². The van der Waals surface area contributed by atoms with Crippen molar-refractivity contribution in [2.75, 3.05) is 20.6 Å². The number of hydrogen-bond donors (Lipinski definition) is 2. The van der Waals surface area contributed by atoms with Crippen LogP contribution in [0.5, 0.6) is 5.75 Å². The van der Waals surface area contributed by atoms with E-state index in [4.69, 9.17) is 0 Å². The van der Waals surface area contributed by atoms with Gasteiger partial charge in [-0.25, -0.2) is 4.98 Å². The second-order valence-electron chi connectivity index (χ2n) is 9.44. The molecule has 0 unspecified atom stereocenters. The lowest BCUT2D eigenvalue weighted by Gasteiger charge is -2.29. The number of ether oxygens (including phenoxy) is 1. The minimum absolute atomic E-state index is 0.143. The summed E-state index contributed by atoms with van der Waals surface area (Å²) in [5, 5.41) is 5.37. The lowest BCUT2D eigenvalue weighted by molar-refractivity contribution is -0.274. The number of nitrogens with zero attached hydrogens (tertiary/aromatic N) is 3. The molecule has 8 nitrogen and oxygen atoms in total. The smallest absolute Gasteiger partial charge is 0.406 e. The first kappa shape index (κ1) is 25.5. The van der Waals surface area contributed by atoms with Crippen LogP contribution in [0.3, 0.4) is 0 Å². The van der Waals surface area contributed by atoms with Crippen LogP contribution in [-0.4, -0.2) is 59.3 Å². The van der Waals surface area contributed by atoms with Gasteiger partial charge in [0.25, 0.3) is 5.91 Å². The number of fused-ring (bicyclic) bond motifs is 1. The van der Waals surface area contributed by atoms with E-state index in [2.05, 4.69) is 20.4 Å². The van der Waals surface area contributed by atoms with Crippen molar-refractivity contribution in [2.45, 2.75) is 52.7 Å². The average Bonchev–Trinajstić information content (AvgIpc) is 2.96. The van der Waals surface area contributed by atoms with Crippen molar-refractivity contribution >= 4 is 11.8 Å². The first-order chi connectivity index (χ1) is 15.8. The number of hydrogen-bond acceptors (Lipinski definition) is 5.